The maximum atomic E-state index is 11.4. The summed E-state index contributed by atoms with van der Waals surface area (Å²) in [6, 6.07) is 1.98. The molecule has 0 bridgehead atoms. The van der Waals surface area contributed by atoms with Gasteiger partial charge in [-0.25, -0.2) is 4.79 Å². The zero-order valence-electron chi connectivity index (χ0n) is 8.43. The lowest BCUT2D eigenvalue weighted by Crippen LogP contribution is -2.26. The molecule has 16 heavy (non-hydrogen) atoms. The van der Waals surface area contributed by atoms with Gasteiger partial charge in [-0.3, -0.25) is 4.79 Å². The fourth-order valence-electron chi connectivity index (χ4n) is 1.15. The van der Waals surface area contributed by atoms with Crippen LogP contribution in [0.4, 0.5) is 0 Å². The number of carbonyl (C=O) groups is 2. The number of amides is 1. The van der Waals surface area contributed by atoms with Gasteiger partial charge in [0.15, 0.2) is 0 Å². The highest BCUT2D eigenvalue weighted by molar-refractivity contribution is 8.00. The number of hydrogen-bond acceptors (Lipinski definition) is 4. The molecule has 0 aromatic carbocycles. The Hall–Kier alpha value is -1.01. The third kappa shape index (κ3) is 3.24. The SMILES string of the molecule is O=C(CSc1csc(C(=O)O)c1)NC1CC1. The molecule has 0 aliphatic heterocycles. The first-order valence-corrected chi connectivity index (χ1v) is 6.75. The number of thiophene rings is 1. The Bertz CT molecular complexity index is 412. The number of carbonyl (C=O) groups excluding carboxylic acids is 1. The van der Waals surface area contributed by atoms with Gasteiger partial charge in [0.1, 0.15) is 4.88 Å². The summed E-state index contributed by atoms with van der Waals surface area (Å²) in [6.07, 6.45) is 2.16. The standard InChI is InChI=1S/C10H11NO3S2/c12-9(11-6-1-2-6)5-15-7-3-8(10(13)14)16-4-7/h3-4,6H,1-2,5H2,(H,11,12)(H,13,14). The van der Waals surface area contributed by atoms with Crippen molar-refractivity contribution in [2.24, 2.45) is 0 Å². The van der Waals surface area contributed by atoms with Gasteiger partial charge in [-0.1, -0.05) is 0 Å². The van der Waals surface area contributed by atoms with Crippen LogP contribution in [0.25, 0.3) is 0 Å². The summed E-state index contributed by atoms with van der Waals surface area (Å²) in [6.45, 7) is 0. The van der Waals surface area contributed by atoms with E-state index in [4.69, 9.17) is 5.11 Å². The van der Waals surface area contributed by atoms with Crippen LogP contribution in [0, 0.1) is 0 Å². The molecule has 4 nitrogen and oxygen atoms in total. The van der Waals surface area contributed by atoms with Crippen LogP contribution in [0.2, 0.25) is 0 Å². The van der Waals surface area contributed by atoms with Crippen molar-refractivity contribution in [3.8, 4) is 0 Å². The molecule has 0 saturated heterocycles. The Morgan fingerprint density at radius 3 is 2.88 bits per heavy atom. The predicted molar refractivity (Wildman–Crippen MR) is 63.2 cm³/mol. The fraction of sp³-hybridized carbons (Fsp3) is 0.400. The maximum Gasteiger partial charge on any atom is 0.345 e. The fourth-order valence-corrected chi connectivity index (χ4v) is 2.83. The van der Waals surface area contributed by atoms with Gasteiger partial charge < -0.3 is 10.4 Å². The van der Waals surface area contributed by atoms with Crippen molar-refractivity contribution in [2.75, 3.05) is 5.75 Å². The van der Waals surface area contributed by atoms with E-state index in [9.17, 15) is 9.59 Å². The molecule has 1 fully saturated rings. The van der Waals surface area contributed by atoms with Crippen LogP contribution in [0.1, 0.15) is 22.5 Å². The third-order valence-corrected chi connectivity index (χ3v) is 4.14. The molecule has 0 radical (unpaired) electrons. The Morgan fingerprint density at radius 2 is 2.31 bits per heavy atom. The summed E-state index contributed by atoms with van der Waals surface area (Å²) < 4.78 is 0. The molecule has 0 spiro atoms. The Balaban J connectivity index is 1.79. The lowest BCUT2D eigenvalue weighted by atomic mass is 10.5. The van der Waals surface area contributed by atoms with Crippen molar-refractivity contribution < 1.29 is 14.7 Å². The maximum absolute atomic E-state index is 11.4. The largest absolute Gasteiger partial charge is 0.477 e. The molecule has 0 atom stereocenters. The number of thioether (sulfide) groups is 1. The third-order valence-electron chi connectivity index (χ3n) is 2.10. The first-order valence-electron chi connectivity index (χ1n) is 4.89. The van der Waals surface area contributed by atoms with E-state index in [0.717, 1.165) is 17.7 Å². The smallest absolute Gasteiger partial charge is 0.345 e. The molecule has 0 unspecified atom stereocenters. The molecule has 6 heteroatoms. The molecule has 2 rings (SSSR count). The average molecular weight is 257 g/mol. The number of aromatic carboxylic acids is 1. The van der Waals surface area contributed by atoms with Crippen molar-refractivity contribution in [1.82, 2.24) is 5.32 Å². The van der Waals surface area contributed by atoms with E-state index in [-0.39, 0.29) is 5.91 Å². The van der Waals surface area contributed by atoms with Gasteiger partial charge in [-0.15, -0.1) is 23.1 Å². The van der Waals surface area contributed by atoms with Crippen molar-refractivity contribution in [3.05, 3.63) is 16.3 Å². The molecule has 1 aromatic heterocycles. The summed E-state index contributed by atoms with van der Waals surface area (Å²) >= 11 is 2.56. The minimum Gasteiger partial charge on any atom is -0.477 e. The molecule has 1 amide bonds. The molecule has 1 aromatic rings. The van der Waals surface area contributed by atoms with Crippen LogP contribution in [0.5, 0.6) is 0 Å². The lowest BCUT2D eigenvalue weighted by molar-refractivity contribution is -0.118. The van der Waals surface area contributed by atoms with E-state index in [1.54, 1.807) is 11.4 Å². The molecule has 1 heterocycles. The molecular weight excluding hydrogens is 246 g/mol. The van der Waals surface area contributed by atoms with Gasteiger partial charge in [-0.05, 0) is 18.9 Å². The van der Waals surface area contributed by atoms with E-state index in [0.29, 0.717) is 16.7 Å². The number of rotatable bonds is 5. The van der Waals surface area contributed by atoms with Gasteiger partial charge >= 0.3 is 5.97 Å². The Morgan fingerprint density at radius 1 is 1.56 bits per heavy atom. The molecule has 1 aliphatic carbocycles. The number of nitrogens with one attached hydrogen (secondary N) is 1. The van der Waals surface area contributed by atoms with Crippen LogP contribution < -0.4 is 5.32 Å². The summed E-state index contributed by atoms with van der Waals surface area (Å²) in [5.41, 5.74) is 0. The van der Waals surface area contributed by atoms with Gasteiger partial charge in [-0.2, -0.15) is 0 Å². The van der Waals surface area contributed by atoms with Crippen molar-refractivity contribution >= 4 is 35.0 Å². The highest BCUT2D eigenvalue weighted by atomic mass is 32.2. The number of carboxylic acid groups (broad SMARTS) is 1. The first-order chi connectivity index (χ1) is 7.65. The average Bonchev–Trinajstić information content (AvgIpc) is 2.91. The van der Waals surface area contributed by atoms with E-state index < -0.39 is 5.97 Å². The van der Waals surface area contributed by atoms with Crippen LogP contribution >= 0.6 is 23.1 Å². The second kappa shape index (κ2) is 4.88. The van der Waals surface area contributed by atoms with Gasteiger partial charge in [0, 0.05) is 16.3 Å². The Labute approximate surface area is 101 Å². The van der Waals surface area contributed by atoms with Gasteiger partial charge in [0.25, 0.3) is 0 Å². The molecule has 86 valence electrons. The monoisotopic (exact) mass is 257 g/mol. The Kier molecular flexibility index (Phi) is 3.50. The second-order valence-electron chi connectivity index (χ2n) is 3.58. The number of hydrogen-bond donors (Lipinski definition) is 2. The zero-order chi connectivity index (χ0) is 11.5. The van der Waals surface area contributed by atoms with Crippen molar-refractivity contribution in [1.29, 1.82) is 0 Å². The van der Waals surface area contributed by atoms with E-state index in [1.807, 2.05) is 0 Å². The molecule has 1 saturated carbocycles. The summed E-state index contributed by atoms with van der Waals surface area (Å²) in [5, 5.41) is 13.4. The highest BCUT2D eigenvalue weighted by Gasteiger charge is 2.23. The number of carboxylic acids is 1. The molecule has 1 aliphatic rings. The topological polar surface area (TPSA) is 66.4 Å². The molecule has 2 N–H and O–H groups in total. The summed E-state index contributed by atoms with van der Waals surface area (Å²) in [7, 11) is 0. The summed E-state index contributed by atoms with van der Waals surface area (Å²) in [5.74, 6) is -0.540. The van der Waals surface area contributed by atoms with Crippen LogP contribution in [-0.4, -0.2) is 28.8 Å². The van der Waals surface area contributed by atoms with E-state index in [1.165, 1.54) is 23.1 Å². The predicted octanol–water partition coefficient (Wildman–Crippen LogP) is 1.82. The van der Waals surface area contributed by atoms with Crippen LogP contribution in [0.15, 0.2) is 16.3 Å². The summed E-state index contributed by atoms with van der Waals surface area (Å²) in [4.78, 5) is 23.1. The van der Waals surface area contributed by atoms with Gasteiger partial charge in [0.2, 0.25) is 5.91 Å². The van der Waals surface area contributed by atoms with Crippen molar-refractivity contribution in [3.63, 3.8) is 0 Å². The second-order valence-corrected chi connectivity index (χ2v) is 5.54. The lowest BCUT2D eigenvalue weighted by Gasteiger charge is -2.00. The minimum atomic E-state index is -0.917. The quantitative estimate of drug-likeness (QED) is 0.790. The van der Waals surface area contributed by atoms with E-state index >= 15 is 0 Å². The minimum absolute atomic E-state index is 0.0237. The first kappa shape index (κ1) is 11.5. The van der Waals surface area contributed by atoms with E-state index in [2.05, 4.69) is 5.32 Å². The van der Waals surface area contributed by atoms with Crippen molar-refractivity contribution in [2.45, 2.75) is 23.8 Å². The molecular formula is C10H11NO3S2. The highest BCUT2D eigenvalue weighted by Crippen LogP contribution is 2.25. The van der Waals surface area contributed by atoms with Crippen LogP contribution in [-0.2, 0) is 4.79 Å². The normalized spacial score (nSPS) is 14.8. The zero-order valence-corrected chi connectivity index (χ0v) is 10.1. The van der Waals surface area contributed by atoms with Crippen LogP contribution in [0.3, 0.4) is 0 Å². The van der Waals surface area contributed by atoms with Gasteiger partial charge in [0.05, 0.1) is 5.75 Å².